The summed E-state index contributed by atoms with van der Waals surface area (Å²) in [5.74, 6) is 0.873. The molecule has 1 unspecified atom stereocenters. The first kappa shape index (κ1) is 12.1. The van der Waals surface area contributed by atoms with Gasteiger partial charge in [-0.15, -0.1) is 0 Å². The van der Waals surface area contributed by atoms with Crippen LogP contribution in [0.3, 0.4) is 0 Å². The highest BCUT2D eigenvalue weighted by atomic mass is 16.5. The summed E-state index contributed by atoms with van der Waals surface area (Å²) in [7, 11) is 1.83. The molecule has 3 heteroatoms. The van der Waals surface area contributed by atoms with Crippen molar-refractivity contribution in [3.05, 3.63) is 35.4 Å². The van der Waals surface area contributed by atoms with Crippen molar-refractivity contribution in [1.82, 2.24) is 5.32 Å². The van der Waals surface area contributed by atoms with E-state index >= 15 is 0 Å². The van der Waals surface area contributed by atoms with Gasteiger partial charge in [-0.25, -0.2) is 0 Å². The molecule has 17 heavy (non-hydrogen) atoms. The topological polar surface area (TPSA) is 41.5 Å². The van der Waals surface area contributed by atoms with E-state index in [0.29, 0.717) is 6.54 Å². The second kappa shape index (κ2) is 4.51. The zero-order valence-electron chi connectivity index (χ0n) is 10.5. The highest BCUT2D eigenvalue weighted by molar-refractivity contribution is 5.61. The number of hydrogen-bond acceptors (Lipinski definition) is 3. The van der Waals surface area contributed by atoms with Gasteiger partial charge in [-0.1, -0.05) is 12.1 Å². The predicted molar refractivity (Wildman–Crippen MR) is 69.1 cm³/mol. The molecule has 0 saturated heterocycles. The zero-order valence-corrected chi connectivity index (χ0v) is 10.5. The summed E-state index contributed by atoms with van der Waals surface area (Å²) in [6, 6.07) is 5.81. The zero-order chi connectivity index (χ0) is 12.5. The molecule has 1 heterocycles. The summed E-state index contributed by atoms with van der Waals surface area (Å²) in [5.41, 5.74) is 1.68. The molecule has 0 spiro atoms. The minimum atomic E-state index is -0.478. The van der Waals surface area contributed by atoms with E-state index < -0.39 is 6.10 Å². The number of rotatable bonds is 3. The average molecular weight is 233 g/mol. The van der Waals surface area contributed by atoms with Gasteiger partial charge in [-0.05, 0) is 44.7 Å². The molecule has 1 aliphatic rings. The highest BCUT2D eigenvalue weighted by Crippen LogP contribution is 2.32. The molecule has 3 nitrogen and oxygen atoms in total. The van der Waals surface area contributed by atoms with Gasteiger partial charge in [0.05, 0.1) is 6.10 Å². The quantitative estimate of drug-likeness (QED) is 0.840. The fourth-order valence-electron chi connectivity index (χ4n) is 1.92. The maximum Gasteiger partial charge on any atom is 0.127 e. The van der Waals surface area contributed by atoms with Crippen LogP contribution in [0.1, 0.15) is 31.1 Å². The lowest BCUT2D eigenvalue weighted by atomic mass is 9.99. The van der Waals surface area contributed by atoms with E-state index in [4.69, 9.17) is 4.74 Å². The molecular weight excluding hydrogens is 214 g/mol. The van der Waals surface area contributed by atoms with E-state index in [2.05, 4.69) is 11.4 Å². The number of likely N-dealkylation sites (N-methyl/N-ethyl adjacent to an activating group) is 1. The van der Waals surface area contributed by atoms with Crippen LogP contribution in [-0.2, 0) is 0 Å². The summed E-state index contributed by atoms with van der Waals surface area (Å²) < 4.78 is 5.83. The SMILES string of the molecule is CNCC(O)c1ccc2c(c1)C=CC(C)(C)O2. The van der Waals surface area contributed by atoms with Crippen LogP contribution in [0.2, 0.25) is 0 Å². The number of benzene rings is 1. The van der Waals surface area contributed by atoms with Crippen molar-refractivity contribution in [3.8, 4) is 5.75 Å². The lowest BCUT2D eigenvalue weighted by Gasteiger charge is -2.28. The van der Waals surface area contributed by atoms with E-state index in [1.165, 1.54) is 0 Å². The normalized spacial score (nSPS) is 18.4. The van der Waals surface area contributed by atoms with Gasteiger partial charge in [0, 0.05) is 12.1 Å². The summed E-state index contributed by atoms with van der Waals surface area (Å²) in [6.45, 7) is 4.60. The molecule has 0 radical (unpaired) electrons. The molecule has 2 N–H and O–H groups in total. The average Bonchev–Trinajstić information content (AvgIpc) is 2.27. The van der Waals surface area contributed by atoms with Crippen molar-refractivity contribution >= 4 is 6.08 Å². The Kier molecular flexibility index (Phi) is 3.22. The van der Waals surface area contributed by atoms with E-state index in [1.54, 1.807) is 0 Å². The second-order valence-electron chi connectivity index (χ2n) is 4.91. The van der Waals surface area contributed by atoms with Gasteiger partial charge >= 0.3 is 0 Å². The van der Waals surface area contributed by atoms with E-state index in [-0.39, 0.29) is 5.60 Å². The van der Waals surface area contributed by atoms with Crippen LogP contribution in [0, 0.1) is 0 Å². The number of hydrogen-bond donors (Lipinski definition) is 2. The van der Waals surface area contributed by atoms with Crippen molar-refractivity contribution in [1.29, 1.82) is 0 Å². The van der Waals surface area contributed by atoms with Gasteiger partial charge in [0.2, 0.25) is 0 Å². The lowest BCUT2D eigenvalue weighted by Crippen LogP contribution is -2.27. The van der Waals surface area contributed by atoms with Crippen molar-refractivity contribution < 1.29 is 9.84 Å². The van der Waals surface area contributed by atoms with Gasteiger partial charge in [0.1, 0.15) is 11.4 Å². The molecule has 0 bridgehead atoms. The number of aliphatic hydroxyl groups is 1. The first-order valence-corrected chi connectivity index (χ1v) is 5.87. The minimum absolute atomic E-state index is 0.252. The maximum atomic E-state index is 9.90. The van der Waals surface area contributed by atoms with Crippen molar-refractivity contribution in [2.45, 2.75) is 25.6 Å². The molecule has 1 atom stereocenters. The van der Waals surface area contributed by atoms with Crippen molar-refractivity contribution in [2.75, 3.05) is 13.6 Å². The van der Waals surface area contributed by atoms with Crippen molar-refractivity contribution in [2.24, 2.45) is 0 Å². The minimum Gasteiger partial charge on any atom is -0.483 e. The molecule has 1 aromatic carbocycles. The van der Waals surface area contributed by atoms with Crippen LogP contribution < -0.4 is 10.1 Å². The van der Waals surface area contributed by atoms with Crippen LogP contribution in [0.15, 0.2) is 24.3 Å². The van der Waals surface area contributed by atoms with Gasteiger partial charge in [0.25, 0.3) is 0 Å². The third kappa shape index (κ3) is 2.68. The molecule has 1 aliphatic heterocycles. The van der Waals surface area contributed by atoms with Crippen LogP contribution >= 0.6 is 0 Å². The predicted octanol–water partition coefficient (Wildman–Crippen LogP) is 2.12. The lowest BCUT2D eigenvalue weighted by molar-refractivity contribution is 0.158. The maximum absolute atomic E-state index is 9.90. The molecule has 0 saturated carbocycles. The second-order valence-corrected chi connectivity index (χ2v) is 4.91. The standard InChI is InChI=1S/C14H19NO2/c1-14(2)7-6-11-8-10(12(16)9-15-3)4-5-13(11)17-14/h4-8,12,15-16H,9H2,1-3H3. The number of nitrogens with one attached hydrogen (secondary N) is 1. The number of ether oxygens (including phenoxy) is 1. The first-order valence-electron chi connectivity index (χ1n) is 5.87. The Morgan fingerprint density at radius 3 is 2.88 bits per heavy atom. The molecule has 0 aliphatic carbocycles. The van der Waals surface area contributed by atoms with E-state index in [0.717, 1.165) is 16.9 Å². The monoisotopic (exact) mass is 233 g/mol. The first-order chi connectivity index (χ1) is 8.02. The van der Waals surface area contributed by atoms with Crippen LogP contribution in [0.5, 0.6) is 5.75 Å². The van der Waals surface area contributed by atoms with Crippen LogP contribution in [-0.4, -0.2) is 24.3 Å². The molecule has 0 fully saturated rings. The number of fused-ring (bicyclic) bond motifs is 1. The van der Waals surface area contributed by atoms with Gasteiger partial charge in [-0.3, -0.25) is 0 Å². The third-order valence-corrected chi connectivity index (χ3v) is 2.85. The van der Waals surface area contributed by atoms with Crippen LogP contribution in [0.4, 0.5) is 0 Å². The summed E-state index contributed by atoms with van der Waals surface area (Å²) in [4.78, 5) is 0. The molecular formula is C14H19NO2. The summed E-state index contributed by atoms with van der Waals surface area (Å²) in [6.07, 6.45) is 3.60. The Morgan fingerprint density at radius 2 is 2.18 bits per heavy atom. The molecule has 92 valence electrons. The summed E-state index contributed by atoms with van der Waals surface area (Å²) in [5, 5.41) is 12.9. The molecule has 0 aromatic heterocycles. The largest absolute Gasteiger partial charge is 0.483 e. The Morgan fingerprint density at radius 1 is 1.41 bits per heavy atom. The smallest absolute Gasteiger partial charge is 0.127 e. The third-order valence-electron chi connectivity index (χ3n) is 2.85. The van der Waals surface area contributed by atoms with Crippen molar-refractivity contribution in [3.63, 3.8) is 0 Å². The van der Waals surface area contributed by atoms with Gasteiger partial charge < -0.3 is 15.2 Å². The Balaban J connectivity index is 2.27. The Hall–Kier alpha value is -1.32. The Bertz CT molecular complexity index is 438. The fraction of sp³-hybridized carbons (Fsp3) is 0.429. The highest BCUT2D eigenvalue weighted by Gasteiger charge is 2.22. The van der Waals surface area contributed by atoms with E-state index in [1.807, 2.05) is 45.2 Å². The molecule has 0 amide bonds. The molecule has 1 aromatic rings. The van der Waals surface area contributed by atoms with Crippen LogP contribution in [0.25, 0.3) is 6.08 Å². The summed E-state index contributed by atoms with van der Waals surface area (Å²) >= 11 is 0. The Labute approximate surface area is 102 Å². The molecule has 2 rings (SSSR count). The van der Waals surface area contributed by atoms with E-state index in [9.17, 15) is 5.11 Å². The number of aliphatic hydroxyl groups excluding tert-OH is 1. The fourth-order valence-corrected chi connectivity index (χ4v) is 1.92. The van der Waals surface area contributed by atoms with Gasteiger partial charge in [-0.2, -0.15) is 0 Å². The van der Waals surface area contributed by atoms with Gasteiger partial charge in [0.15, 0.2) is 0 Å².